The second-order valence-corrected chi connectivity index (χ2v) is 21.9. The summed E-state index contributed by atoms with van der Waals surface area (Å²) in [6, 6.07) is 0. The Balaban J connectivity index is 3.78. The molecule has 0 spiro atoms. The molecule has 0 saturated heterocycles. The molecule has 0 aliphatic heterocycles. The minimum Gasteiger partial charge on any atom is -0.417 e. The van der Waals surface area contributed by atoms with Crippen LogP contribution in [0.2, 0.25) is 36.3 Å². The van der Waals surface area contributed by atoms with E-state index in [1.807, 2.05) is 0 Å². The van der Waals surface area contributed by atoms with E-state index in [0.29, 0.717) is 21.9 Å². The molecular formula is C24H54O3Si2. The molecule has 0 radical (unpaired) electrons. The van der Waals surface area contributed by atoms with E-state index in [4.69, 9.17) is 13.6 Å². The fourth-order valence-corrected chi connectivity index (χ4v) is 4.74. The summed E-state index contributed by atoms with van der Waals surface area (Å²) in [7, 11) is -3.22. The largest absolute Gasteiger partial charge is 0.417 e. The Morgan fingerprint density at radius 3 is 1.21 bits per heavy atom. The summed E-state index contributed by atoms with van der Waals surface area (Å²) < 4.78 is 18.5. The van der Waals surface area contributed by atoms with E-state index in [1.165, 1.54) is 12.8 Å². The first kappa shape index (κ1) is 29.3. The fourth-order valence-electron chi connectivity index (χ4n) is 2.47. The summed E-state index contributed by atoms with van der Waals surface area (Å²) in [5.41, 5.74) is 0. The van der Waals surface area contributed by atoms with Gasteiger partial charge in [-0.15, -0.1) is 0 Å². The molecule has 0 aromatic heterocycles. The van der Waals surface area contributed by atoms with Gasteiger partial charge in [-0.25, -0.2) is 0 Å². The van der Waals surface area contributed by atoms with Crippen molar-refractivity contribution in [2.24, 2.45) is 11.8 Å². The highest BCUT2D eigenvalue weighted by Gasteiger charge is 2.38. The van der Waals surface area contributed by atoms with Gasteiger partial charge in [0.2, 0.25) is 0 Å². The van der Waals surface area contributed by atoms with Crippen molar-refractivity contribution in [2.75, 3.05) is 26.4 Å². The lowest BCUT2D eigenvalue weighted by molar-refractivity contribution is 0.114. The van der Waals surface area contributed by atoms with E-state index >= 15 is 0 Å². The Morgan fingerprint density at radius 1 is 0.621 bits per heavy atom. The predicted molar refractivity (Wildman–Crippen MR) is 134 cm³/mol. The molecule has 5 heteroatoms. The lowest BCUT2D eigenvalue weighted by Gasteiger charge is -2.37. The summed E-state index contributed by atoms with van der Waals surface area (Å²) in [6.07, 6.45) is 4.63. The third-order valence-corrected chi connectivity index (χ3v) is 16.0. The van der Waals surface area contributed by atoms with Gasteiger partial charge in [0.1, 0.15) is 0 Å². The van der Waals surface area contributed by atoms with Gasteiger partial charge >= 0.3 is 0 Å². The second kappa shape index (κ2) is 12.4. The van der Waals surface area contributed by atoms with Crippen LogP contribution in [0.15, 0.2) is 0 Å². The highest BCUT2D eigenvalue weighted by molar-refractivity contribution is 6.74. The maximum Gasteiger partial charge on any atom is 0.191 e. The van der Waals surface area contributed by atoms with Crippen molar-refractivity contribution in [1.82, 2.24) is 0 Å². The van der Waals surface area contributed by atoms with Gasteiger partial charge in [0, 0.05) is 26.4 Å². The quantitative estimate of drug-likeness (QED) is 0.200. The summed E-state index contributed by atoms with van der Waals surface area (Å²) >= 11 is 0. The molecule has 29 heavy (non-hydrogen) atoms. The SMILES string of the molecule is C[C@@H](CCCOCCC[C@H](C)CO[Si](C)(C)C(C)(C)C)CO[Si](C)(C)C(C)(C)C. The van der Waals surface area contributed by atoms with Crippen LogP contribution in [-0.2, 0) is 13.6 Å². The van der Waals surface area contributed by atoms with Gasteiger partial charge in [-0.2, -0.15) is 0 Å². The fraction of sp³-hybridized carbons (Fsp3) is 1.00. The van der Waals surface area contributed by atoms with Gasteiger partial charge in [-0.05, 0) is 73.8 Å². The van der Waals surface area contributed by atoms with Crippen LogP contribution in [0.3, 0.4) is 0 Å². The molecule has 0 heterocycles. The predicted octanol–water partition coefficient (Wildman–Crippen LogP) is 7.88. The Bertz CT molecular complexity index is 396. The number of rotatable bonds is 14. The molecule has 0 amide bonds. The standard InChI is InChI=1S/C24H54O3Si2/c1-21(19-26-28(9,10)23(3,4)5)15-13-17-25-18-14-16-22(2)20-27-29(11,12)24(6,7)8/h21-22H,13-20H2,1-12H3/t21-,22-/m0/s1. The normalized spacial score (nSPS) is 16.1. The van der Waals surface area contributed by atoms with Crippen LogP contribution in [0.5, 0.6) is 0 Å². The van der Waals surface area contributed by atoms with Crippen molar-refractivity contribution in [3.63, 3.8) is 0 Å². The molecule has 0 unspecified atom stereocenters. The zero-order valence-electron chi connectivity index (χ0n) is 22.0. The molecule has 0 rings (SSSR count). The molecule has 0 bridgehead atoms. The maximum absolute atomic E-state index is 6.33. The van der Waals surface area contributed by atoms with Gasteiger partial charge in [-0.3, -0.25) is 0 Å². The monoisotopic (exact) mass is 446 g/mol. The van der Waals surface area contributed by atoms with Crippen molar-refractivity contribution < 1.29 is 13.6 Å². The zero-order chi connectivity index (χ0) is 22.9. The van der Waals surface area contributed by atoms with E-state index in [0.717, 1.165) is 39.3 Å². The van der Waals surface area contributed by atoms with Gasteiger partial charge in [0.05, 0.1) is 0 Å². The average Bonchev–Trinajstić information content (AvgIpc) is 2.55. The van der Waals surface area contributed by atoms with Crippen molar-refractivity contribution >= 4 is 16.6 Å². The summed E-state index contributed by atoms with van der Waals surface area (Å²) in [4.78, 5) is 0. The van der Waals surface area contributed by atoms with Gasteiger partial charge in [0.15, 0.2) is 16.6 Å². The molecule has 176 valence electrons. The summed E-state index contributed by atoms with van der Waals surface area (Å²) in [6.45, 7) is 31.3. The Hall–Kier alpha value is 0.314. The number of hydrogen-bond donors (Lipinski definition) is 0. The Morgan fingerprint density at radius 2 is 0.931 bits per heavy atom. The highest BCUT2D eigenvalue weighted by atomic mass is 28.4. The van der Waals surface area contributed by atoms with Crippen LogP contribution in [0, 0.1) is 11.8 Å². The van der Waals surface area contributed by atoms with Crippen LogP contribution in [0.25, 0.3) is 0 Å². The first-order valence-corrected chi connectivity index (χ1v) is 17.7. The van der Waals surface area contributed by atoms with E-state index in [9.17, 15) is 0 Å². The third kappa shape index (κ3) is 12.1. The molecule has 3 nitrogen and oxygen atoms in total. The van der Waals surface area contributed by atoms with Crippen LogP contribution >= 0.6 is 0 Å². The van der Waals surface area contributed by atoms with E-state index < -0.39 is 16.6 Å². The Labute approximate surface area is 185 Å². The second-order valence-electron chi connectivity index (χ2n) is 12.2. The van der Waals surface area contributed by atoms with Crippen LogP contribution in [-0.4, -0.2) is 43.1 Å². The summed E-state index contributed by atoms with van der Waals surface area (Å²) in [5.74, 6) is 1.22. The molecule has 0 saturated carbocycles. The topological polar surface area (TPSA) is 27.7 Å². The highest BCUT2D eigenvalue weighted by Crippen LogP contribution is 2.37. The first-order chi connectivity index (χ1) is 13.0. The van der Waals surface area contributed by atoms with E-state index in [1.54, 1.807) is 0 Å². The molecular weight excluding hydrogens is 392 g/mol. The smallest absolute Gasteiger partial charge is 0.191 e. The molecule has 0 aromatic carbocycles. The number of ether oxygens (including phenoxy) is 1. The lowest BCUT2D eigenvalue weighted by atomic mass is 10.1. The zero-order valence-corrected chi connectivity index (χ0v) is 24.0. The molecule has 0 fully saturated rings. The summed E-state index contributed by atoms with van der Waals surface area (Å²) in [5, 5.41) is 0.589. The van der Waals surface area contributed by atoms with E-state index in [2.05, 4.69) is 81.6 Å². The van der Waals surface area contributed by atoms with Crippen molar-refractivity contribution in [3.05, 3.63) is 0 Å². The molecule has 0 aliphatic rings. The Kier molecular flexibility index (Phi) is 12.5. The van der Waals surface area contributed by atoms with Crippen molar-refractivity contribution in [1.29, 1.82) is 0 Å². The maximum atomic E-state index is 6.33. The molecule has 0 aromatic rings. The van der Waals surface area contributed by atoms with Crippen LogP contribution in [0.4, 0.5) is 0 Å². The lowest BCUT2D eigenvalue weighted by Crippen LogP contribution is -2.41. The average molecular weight is 447 g/mol. The van der Waals surface area contributed by atoms with Crippen molar-refractivity contribution in [2.45, 2.75) is 117 Å². The number of hydrogen-bond acceptors (Lipinski definition) is 3. The molecule has 0 aliphatic carbocycles. The minimum atomic E-state index is -1.61. The molecule has 2 atom stereocenters. The third-order valence-electron chi connectivity index (χ3n) is 7.04. The van der Waals surface area contributed by atoms with Crippen LogP contribution in [0.1, 0.15) is 81.1 Å². The van der Waals surface area contributed by atoms with Gasteiger partial charge in [-0.1, -0.05) is 55.4 Å². The van der Waals surface area contributed by atoms with E-state index in [-0.39, 0.29) is 0 Å². The van der Waals surface area contributed by atoms with Gasteiger partial charge < -0.3 is 13.6 Å². The minimum absolute atomic E-state index is 0.294. The van der Waals surface area contributed by atoms with Crippen molar-refractivity contribution in [3.8, 4) is 0 Å². The molecule has 0 N–H and O–H groups in total. The van der Waals surface area contributed by atoms with Gasteiger partial charge in [0.25, 0.3) is 0 Å². The first-order valence-electron chi connectivity index (χ1n) is 11.9. The van der Waals surface area contributed by atoms with Crippen LogP contribution < -0.4 is 0 Å².